The molecule has 0 aliphatic carbocycles. The van der Waals surface area contributed by atoms with Crippen molar-refractivity contribution >= 4 is 23.2 Å². The number of carbonyl (C=O) groups excluding carboxylic acids is 1. The molecule has 2 aliphatic heterocycles. The van der Waals surface area contributed by atoms with E-state index in [1.165, 1.54) is 18.6 Å². The molecule has 0 unspecified atom stereocenters. The van der Waals surface area contributed by atoms with Gasteiger partial charge in [-0.2, -0.15) is 0 Å². The Morgan fingerprint density at radius 2 is 1.90 bits per heavy atom. The van der Waals surface area contributed by atoms with Gasteiger partial charge in [-0.05, 0) is 65.7 Å². The number of aromatic nitrogens is 4. The molecule has 3 aromatic heterocycles. The number of hydrogen-bond donors (Lipinski definition) is 3. The SMILES string of the molecule is CC(C)(C)NCCNc1ccc(-c2cncc(F)c2)nc1C1CCN(c2ncnc3c2C(C)(C)C(=O)N3)CC1. The molecule has 39 heavy (non-hydrogen) atoms. The van der Waals surface area contributed by atoms with Gasteiger partial charge in [0.1, 0.15) is 23.8 Å². The van der Waals surface area contributed by atoms with Crippen LogP contribution in [0, 0.1) is 5.82 Å². The molecule has 0 bridgehead atoms. The molecule has 9 nitrogen and oxygen atoms in total. The number of piperidine rings is 1. The Hall–Kier alpha value is -3.66. The largest absolute Gasteiger partial charge is 0.382 e. The van der Waals surface area contributed by atoms with Crippen molar-refractivity contribution in [2.75, 3.05) is 41.7 Å². The third-order valence-corrected chi connectivity index (χ3v) is 7.45. The Balaban J connectivity index is 1.38. The monoisotopic (exact) mass is 532 g/mol. The Kier molecular flexibility index (Phi) is 7.24. The molecule has 5 heterocycles. The topological polar surface area (TPSA) is 108 Å². The van der Waals surface area contributed by atoms with Crippen LogP contribution >= 0.6 is 0 Å². The van der Waals surface area contributed by atoms with E-state index in [1.54, 1.807) is 6.20 Å². The van der Waals surface area contributed by atoms with Gasteiger partial charge >= 0.3 is 0 Å². The second-order valence-electron chi connectivity index (χ2n) is 11.9. The number of rotatable bonds is 7. The molecular formula is C29H37FN8O. The van der Waals surface area contributed by atoms with Crippen LogP contribution in [0.4, 0.5) is 21.7 Å². The number of hydrogen-bond acceptors (Lipinski definition) is 8. The minimum Gasteiger partial charge on any atom is -0.382 e. The fourth-order valence-electron chi connectivity index (χ4n) is 5.31. The van der Waals surface area contributed by atoms with E-state index in [0.29, 0.717) is 17.1 Å². The molecule has 3 aromatic rings. The van der Waals surface area contributed by atoms with Crippen LogP contribution in [-0.2, 0) is 10.2 Å². The first-order chi connectivity index (χ1) is 18.5. The number of halogens is 1. The van der Waals surface area contributed by atoms with Gasteiger partial charge in [0.25, 0.3) is 0 Å². The lowest BCUT2D eigenvalue weighted by molar-refractivity contribution is -0.119. The van der Waals surface area contributed by atoms with Crippen LogP contribution in [0.15, 0.2) is 36.9 Å². The van der Waals surface area contributed by atoms with Gasteiger partial charge in [0.15, 0.2) is 0 Å². The molecule has 1 amide bonds. The Labute approximate surface area is 229 Å². The van der Waals surface area contributed by atoms with Crippen LogP contribution in [-0.4, -0.2) is 57.6 Å². The molecule has 0 spiro atoms. The lowest BCUT2D eigenvalue weighted by Crippen LogP contribution is -2.39. The minimum absolute atomic E-state index is 0.0414. The lowest BCUT2D eigenvalue weighted by Gasteiger charge is -2.35. The second kappa shape index (κ2) is 10.5. The first kappa shape index (κ1) is 26.9. The van der Waals surface area contributed by atoms with E-state index in [4.69, 9.17) is 4.98 Å². The van der Waals surface area contributed by atoms with Crippen LogP contribution in [0.2, 0.25) is 0 Å². The minimum atomic E-state index is -0.685. The molecule has 5 rings (SSSR count). The van der Waals surface area contributed by atoms with Crippen molar-refractivity contribution in [3.8, 4) is 11.3 Å². The van der Waals surface area contributed by atoms with Crippen LogP contribution in [0.1, 0.15) is 64.6 Å². The van der Waals surface area contributed by atoms with Gasteiger partial charge in [0.05, 0.1) is 34.3 Å². The number of pyridine rings is 2. The maximum Gasteiger partial charge on any atom is 0.235 e. The maximum atomic E-state index is 13.9. The van der Waals surface area contributed by atoms with Crippen molar-refractivity contribution in [1.29, 1.82) is 0 Å². The Morgan fingerprint density at radius 1 is 1.13 bits per heavy atom. The van der Waals surface area contributed by atoms with E-state index in [1.807, 2.05) is 26.0 Å². The quantitative estimate of drug-likeness (QED) is 0.382. The fraction of sp³-hybridized carbons (Fsp3) is 0.483. The van der Waals surface area contributed by atoms with E-state index in [0.717, 1.165) is 61.8 Å². The number of nitrogens with zero attached hydrogens (tertiary/aromatic N) is 5. The van der Waals surface area contributed by atoms with Crippen molar-refractivity contribution < 1.29 is 9.18 Å². The number of carbonyl (C=O) groups is 1. The molecular weight excluding hydrogens is 495 g/mol. The average molecular weight is 533 g/mol. The third kappa shape index (κ3) is 5.71. The number of nitrogens with one attached hydrogen (secondary N) is 3. The standard InChI is InChI=1S/C29H37FN8O/c1-28(2,3)35-11-10-32-22-7-6-21(19-14-20(30)16-31-15-19)36-24(22)18-8-12-38(13-9-18)26-23-25(33-17-34-26)37-27(39)29(23,4)5/h6-7,14-18,32,35H,8-13H2,1-5H3,(H,33,34,37,39). The molecule has 2 aliphatic rings. The van der Waals surface area contributed by atoms with Gasteiger partial charge < -0.3 is 20.9 Å². The summed E-state index contributed by atoms with van der Waals surface area (Å²) in [5, 5.41) is 9.98. The molecule has 1 fully saturated rings. The molecule has 3 N–H and O–H groups in total. The highest BCUT2D eigenvalue weighted by molar-refractivity contribution is 6.06. The summed E-state index contributed by atoms with van der Waals surface area (Å²) in [5.41, 5.74) is 3.56. The lowest BCUT2D eigenvalue weighted by atomic mass is 9.86. The molecule has 0 radical (unpaired) electrons. The van der Waals surface area contributed by atoms with Gasteiger partial charge in [-0.1, -0.05) is 0 Å². The van der Waals surface area contributed by atoms with Gasteiger partial charge in [-0.25, -0.2) is 14.4 Å². The summed E-state index contributed by atoms with van der Waals surface area (Å²) >= 11 is 0. The van der Waals surface area contributed by atoms with Crippen LogP contribution in [0.5, 0.6) is 0 Å². The van der Waals surface area contributed by atoms with E-state index >= 15 is 0 Å². The van der Waals surface area contributed by atoms with E-state index in [-0.39, 0.29) is 23.2 Å². The summed E-state index contributed by atoms with van der Waals surface area (Å²) in [6.45, 7) is 13.4. The smallest absolute Gasteiger partial charge is 0.235 e. The van der Waals surface area contributed by atoms with Gasteiger partial charge in [0, 0.05) is 49.4 Å². The summed E-state index contributed by atoms with van der Waals surface area (Å²) in [5.74, 6) is 1.20. The van der Waals surface area contributed by atoms with Gasteiger partial charge in [-0.3, -0.25) is 14.8 Å². The predicted molar refractivity (Wildman–Crippen MR) is 152 cm³/mol. The molecule has 0 saturated carbocycles. The molecule has 10 heteroatoms. The van der Waals surface area contributed by atoms with Gasteiger partial charge in [-0.15, -0.1) is 0 Å². The zero-order valence-electron chi connectivity index (χ0n) is 23.3. The number of amides is 1. The second-order valence-corrected chi connectivity index (χ2v) is 11.9. The summed E-state index contributed by atoms with van der Waals surface area (Å²) in [6.07, 6.45) is 6.10. The molecule has 0 aromatic carbocycles. The normalized spacial score (nSPS) is 17.2. The highest BCUT2D eigenvalue weighted by Crippen LogP contribution is 2.43. The highest BCUT2D eigenvalue weighted by atomic mass is 19.1. The summed E-state index contributed by atoms with van der Waals surface area (Å²) in [4.78, 5) is 32.7. The molecule has 0 atom stereocenters. The zero-order valence-corrected chi connectivity index (χ0v) is 23.3. The first-order valence-corrected chi connectivity index (χ1v) is 13.6. The van der Waals surface area contributed by atoms with E-state index in [2.05, 4.69) is 56.6 Å². The van der Waals surface area contributed by atoms with Crippen molar-refractivity contribution in [3.05, 3.63) is 54.0 Å². The first-order valence-electron chi connectivity index (χ1n) is 13.6. The van der Waals surface area contributed by atoms with Crippen molar-refractivity contribution in [1.82, 2.24) is 25.3 Å². The summed E-state index contributed by atoms with van der Waals surface area (Å²) in [7, 11) is 0. The summed E-state index contributed by atoms with van der Waals surface area (Å²) in [6, 6.07) is 5.43. The maximum absolute atomic E-state index is 13.9. The van der Waals surface area contributed by atoms with Crippen molar-refractivity contribution in [3.63, 3.8) is 0 Å². The predicted octanol–water partition coefficient (Wildman–Crippen LogP) is 4.49. The van der Waals surface area contributed by atoms with E-state index in [9.17, 15) is 9.18 Å². The third-order valence-electron chi connectivity index (χ3n) is 7.45. The van der Waals surface area contributed by atoms with Crippen molar-refractivity contribution in [2.24, 2.45) is 0 Å². The van der Waals surface area contributed by atoms with Crippen LogP contribution in [0.25, 0.3) is 11.3 Å². The van der Waals surface area contributed by atoms with Crippen LogP contribution in [0.3, 0.4) is 0 Å². The molecule has 1 saturated heterocycles. The number of fused-ring (bicyclic) bond motifs is 1. The Morgan fingerprint density at radius 3 is 2.62 bits per heavy atom. The van der Waals surface area contributed by atoms with Crippen LogP contribution < -0.4 is 20.9 Å². The van der Waals surface area contributed by atoms with Gasteiger partial charge in [0.2, 0.25) is 5.91 Å². The molecule has 206 valence electrons. The van der Waals surface area contributed by atoms with Crippen molar-refractivity contribution in [2.45, 2.75) is 64.3 Å². The number of anilines is 3. The zero-order chi connectivity index (χ0) is 27.8. The van der Waals surface area contributed by atoms with E-state index < -0.39 is 5.41 Å². The average Bonchev–Trinajstić information content (AvgIpc) is 3.14. The fourth-order valence-corrected chi connectivity index (χ4v) is 5.31. The highest BCUT2D eigenvalue weighted by Gasteiger charge is 2.43. The Bertz CT molecular complexity index is 1360. The summed E-state index contributed by atoms with van der Waals surface area (Å²) < 4.78 is 13.9.